The Labute approximate surface area is 166 Å². The van der Waals surface area contributed by atoms with Crippen molar-refractivity contribution in [1.29, 1.82) is 0 Å². The number of amides is 1. The van der Waals surface area contributed by atoms with Gasteiger partial charge in [0.2, 0.25) is 0 Å². The minimum Gasteiger partial charge on any atom is -0.397 e. The van der Waals surface area contributed by atoms with Crippen molar-refractivity contribution in [2.45, 2.75) is 25.3 Å². The molecule has 2 aliphatic rings. The molecule has 4 heterocycles. The Morgan fingerprint density at radius 1 is 1.21 bits per heavy atom. The number of thiophene rings is 1. The van der Waals surface area contributed by atoms with Gasteiger partial charge in [-0.1, -0.05) is 30.3 Å². The van der Waals surface area contributed by atoms with E-state index in [1.807, 2.05) is 41.4 Å². The summed E-state index contributed by atoms with van der Waals surface area (Å²) >= 11 is 1.40. The third-order valence-electron chi connectivity index (χ3n) is 5.40. The minimum atomic E-state index is -0.0226. The van der Waals surface area contributed by atoms with Crippen molar-refractivity contribution in [3.8, 4) is 0 Å². The molecule has 2 N–H and O–H groups in total. The topological polar surface area (TPSA) is 71.6 Å². The molecule has 1 amide bonds. The van der Waals surface area contributed by atoms with Crippen molar-refractivity contribution in [2.24, 2.45) is 4.99 Å². The normalized spacial score (nSPS) is 17.9. The maximum absolute atomic E-state index is 13.3. The smallest absolute Gasteiger partial charge is 0.270 e. The molecule has 0 saturated heterocycles. The number of fused-ring (bicyclic) bond motifs is 2. The molecule has 1 atom stereocenters. The summed E-state index contributed by atoms with van der Waals surface area (Å²) in [4.78, 5) is 24.9. The van der Waals surface area contributed by atoms with E-state index in [4.69, 9.17) is 10.7 Å². The fourth-order valence-electron chi connectivity index (χ4n) is 3.97. The predicted molar refractivity (Wildman–Crippen MR) is 112 cm³/mol. The Morgan fingerprint density at radius 2 is 2.11 bits per heavy atom. The van der Waals surface area contributed by atoms with Crippen LogP contribution in [0.1, 0.15) is 39.7 Å². The zero-order valence-electron chi connectivity index (χ0n) is 15.3. The molecule has 5 rings (SSSR count). The summed E-state index contributed by atoms with van der Waals surface area (Å²) in [5.74, 6) is -0.0226. The monoisotopic (exact) mass is 388 g/mol. The Morgan fingerprint density at radius 3 is 2.96 bits per heavy atom. The maximum atomic E-state index is 13.3. The van der Waals surface area contributed by atoms with Gasteiger partial charge in [0, 0.05) is 29.8 Å². The van der Waals surface area contributed by atoms with Crippen LogP contribution < -0.4 is 20.5 Å². The molecule has 0 fully saturated rings. The van der Waals surface area contributed by atoms with Crippen molar-refractivity contribution < 1.29 is 4.79 Å². The van der Waals surface area contributed by atoms with Crippen molar-refractivity contribution >= 4 is 34.7 Å². The third kappa shape index (κ3) is 2.81. The zero-order valence-corrected chi connectivity index (χ0v) is 16.2. The van der Waals surface area contributed by atoms with Crippen LogP contribution in [0.2, 0.25) is 0 Å². The highest BCUT2D eigenvalue weighted by Gasteiger charge is 2.27. The van der Waals surface area contributed by atoms with Crippen LogP contribution in [-0.4, -0.2) is 17.4 Å². The third-order valence-corrected chi connectivity index (χ3v) is 6.52. The largest absolute Gasteiger partial charge is 0.397 e. The number of carbonyl (C=O) groups is 1. The number of nitrogen functional groups attached to an aromatic ring is 1. The van der Waals surface area contributed by atoms with Gasteiger partial charge >= 0.3 is 0 Å². The fourth-order valence-corrected chi connectivity index (χ4v) is 5.06. The summed E-state index contributed by atoms with van der Waals surface area (Å²) in [7, 11) is 0. The first-order valence-corrected chi connectivity index (χ1v) is 10.3. The number of hydrogen-bond acceptors (Lipinski definition) is 5. The van der Waals surface area contributed by atoms with E-state index in [0.29, 0.717) is 10.6 Å². The van der Waals surface area contributed by atoms with Crippen LogP contribution in [0.5, 0.6) is 0 Å². The maximum Gasteiger partial charge on any atom is 0.270 e. The van der Waals surface area contributed by atoms with Crippen molar-refractivity contribution in [3.63, 3.8) is 0 Å². The first kappa shape index (κ1) is 17.1. The van der Waals surface area contributed by atoms with Gasteiger partial charge in [-0.25, -0.2) is 0 Å². The number of rotatable bonds is 2. The minimum absolute atomic E-state index is 0.0226. The quantitative estimate of drug-likeness (QED) is 0.734. The van der Waals surface area contributed by atoms with Gasteiger partial charge in [-0.3, -0.25) is 14.8 Å². The summed E-state index contributed by atoms with van der Waals surface area (Å²) in [6.45, 7) is 0.719. The molecule has 6 heteroatoms. The molecule has 5 nitrogen and oxygen atoms in total. The second-order valence-electron chi connectivity index (χ2n) is 7.12. The van der Waals surface area contributed by atoms with Crippen LogP contribution in [0, 0.1) is 0 Å². The number of aromatic nitrogens is 1. The molecule has 2 aromatic heterocycles. The average molecular weight is 388 g/mol. The second kappa shape index (κ2) is 6.87. The standard InChI is InChI=1S/C22H20N4OS/c23-19-16-9-10-17(15-6-3-11-24-13-15)25-21(16)28-20(19)22(27)26-12-4-7-14-5-1-2-8-18(14)26/h1-3,5-6,8-9,11,13,17H,4,7,10,12,23H2. The highest BCUT2D eigenvalue weighted by Crippen LogP contribution is 2.30. The Kier molecular flexibility index (Phi) is 4.20. The molecule has 28 heavy (non-hydrogen) atoms. The van der Waals surface area contributed by atoms with E-state index in [0.717, 1.165) is 46.9 Å². The van der Waals surface area contributed by atoms with E-state index in [2.05, 4.69) is 17.1 Å². The van der Waals surface area contributed by atoms with Gasteiger partial charge in [-0.2, -0.15) is 0 Å². The van der Waals surface area contributed by atoms with Gasteiger partial charge in [0.1, 0.15) is 9.55 Å². The summed E-state index contributed by atoms with van der Waals surface area (Å²) in [5.41, 5.74) is 10.2. The summed E-state index contributed by atoms with van der Waals surface area (Å²) in [6.07, 6.45) is 8.45. The van der Waals surface area contributed by atoms with Crippen LogP contribution in [0.3, 0.4) is 0 Å². The van der Waals surface area contributed by atoms with Crippen molar-refractivity contribution in [1.82, 2.24) is 4.98 Å². The number of aryl methyl sites for hydroxylation is 1. The van der Waals surface area contributed by atoms with E-state index in [9.17, 15) is 4.79 Å². The fraction of sp³-hybridized carbons (Fsp3) is 0.227. The molecule has 1 unspecified atom stereocenters. The Balaban J connectivity index is 1.54. The molecule has 140 valence electrons. The van der Waals surface area contributed by atoms with E-state index < -0.39 is 0 Å². The highest BCUT2D eigenvalue weighted by molar-refractivity contribution is 7.12. The molecule has 0 saturated carbocycles. The number of carbonyl (C=O) groups excluding carboxylic acids is 1. The lowest BCUT2D eigenvalue weighted by Gasteiger charge is -2.29. The van der Waals surface area contributed by atoms with E-state index in [-0.39, 0.29) is 11.9 Å². The number of nitrogens with two attached hydrogens (primary N) is 1. The van der Waals surface area contributed by atoms with Crippen LogP contribution >= 0.6 is 11.3 Å². The SMILES string of the molecule is Nc1c(C(=O)N2CCCc3ccccc32)sc2c1=CCC(c1cccnc1)N=2. The first-order valence-electron chi connectivity index (χ1n) is 9.48. The van der Waals surface area contributed by atoms with E-state index in [1.54, 1.807) is 6.20 Å². The first-order chi connectivity index (χ1) is 13.7. The van der Waals surface area contributed by atoms with Gasteiger partial charge in [-0.05, 0) is 42.5 Å². The number of nitrogens with zero attached hydrogens (tertiary/aromatic N) is 3. The molecule has 3 aromatic rings. The van der Waals surface area contributed by atoms with Crippen molar-refractivity contribution in [2.75, 3.05) is 17.2 Å². The molecule has 0 spiro atoms. The number of para-hydroxylation sites is 1. The number of benzene rings is 1. The molecule has 1 aromatic carbocycles. The van der Waals surface area contributed by atoms with Gasteiger partial charge in [0.05, 0.1) is 11.7 Å². The Bertz CT molecular complexity index is 1170. The molecule has 2 aliphatic heterocycles. The van der Waals surface area contributed by atoms with Crippen LogP contribution in [0.25, 0.3) is 6.08 Å². The van der Waals surface area contributed by atoms with E-state index >= 15 is 0 Å². The number of pyridine rings is 1. The van der Waals surface area contributed by atoms with E-state index in [1.165, 1.54) is 16.9 Å². The molecular weight excluding hydrogens is 368 g/mol. The lowest BCUT2D eigenvalue weighted by atomic mass is 10.0. The highest BCUT2D eigenvalue weighted by atomic mass is 32.1. The van der Waals surface area contributed by atoms with Crippen LogP contribution in [0.4, 0.5) is 11.4 Å². The van der Waals surface area contributed by atoms with Crippen LogP contribution in [0.15, 0.2) is 53.8 Å². The van der Waals surface area contributed by atoms with Gasteiger partial charge in [0.25, 0.3) is 5.91 Å². The number of hydrogen-bond donors (Lipinski definition) is 1. The zero-order chi connectivity index (χ0) is 19.1. The molecule has 0 aliphatic carbocycles. The summed E-state index contributed by atoms with van der Waals surface area (Å²) < 4.78 is 0.839. The lowest BCUT2D eigenvalue weighted by Crippen LogP contribution is -2.35. The predicted octanol–water partition coefficient (Wildman–Crippen LogP) is 2.86. The summed E-state index contributed by atoms with van der Waals surface area (Å²) in [6, 6.07) is 12.1. The lowest BCUT2D eigenvalue weighted by molar-refractivity contribution is 0.0989. The average Bonchev–Trinajstić information content (AvgIpc) is 3.09. The number of anilines is 2. The molecular formula is C22H20N4OS. The Hall–Kier alpha value is -2.99. The van der Waals surface area contributed by atoms with Gasteiger partial charge in [0.15, 0.2) is 0 Å². The summed E-state index contributed by atoms with van der Waals surface area (Å²) in [5, 5.41) is 0.902. The molecule has 0 bridgehead atoms. The van der Waals surface area contributed by atoms with Crippen molar-refractivity contribution in [3.05, 3.63) is 74.7 Å². The van der Waals surface area contributed by atoms with Gasteiger partial charge in [-0.15, -0.1) is 11.3 Å². The second-order valence-corrected chi connectivity index (χ2v) is 8.12. The molecule has 0 radical (unpaired) electrons. The van der Waals surface area contributed by atoms with Crippen LogP contribution in [-0.2, 0) is 6.42 Å². The van der Waals surface area contributed by atoms with Gasteiger partial charge < -0.3 is 10.6 Å².